The molecule has 4 nitrogen and oxygen atoms in total. The van der Waals surface area contributed by atoms with Gasteiger partial charge in [0.15, 0.2) is 0 Å². The summed E-state index contributed by atoms with van der Waals surface area (Å²) in [7, 11) is 1.76. The van der Waals surface area contributed by atoms with Gasteiger partial charge < -0.3 is 10.1 Å². The minimum atomic E-state index is 0.643. The predicted octanol–water partition coefficient (Wildman–Crippen LogP) is 2.90. The third-order valence-corrected chi connectivity index (χ3v) is 3.87. The standard InChI is InChI=1S/C15H27N3O/c1-19-12-6-5-10-16-13-14-9-11-18(17-14)15-7-3-2-4-8-15/h9,11,15-16H,2-8,10,12-13H2,1H3. The van der Waals surface area contributed by atoms with Crippen LogP contribution < -0.4 is 5.32 Å². The molecule has 1 aliphatic carbocycles. The molecule has 0 spiro atoms. The van der Waals surface area contributed by atoms with E-state index in [9.17, 15) is 0 Å². The number of ether oxygens (including phenoxy) is 1. The van der Waals surface area contributed by atoms with E-state index in [1.165, 1.54) is 32.1 Å². The Balaban J connectivity index is 1.66. The van der Waals surface area contributed by atoms with Crippen LogP contribution >= 0.6 is 0 Å². The average Bonchev–Trinajstić information content (AvgIpc) is 2.92. The van der Waals surface area contributed by atoms with Crippen molar-refractivity contribution in [3.8, 4) is 0 Å². The molecular weight excluding hydrogens is 238 g/mol. The van der Waals surface area contributed by atoms with Crippen molar-refractivity contribution in [2.75, 3.05) is 20.3 Å². The van der Waals surface area contributed by atoms with Gasteiger partial charge in [-0.1, -0.05) is 19.3 Å². The molecule has 1 aromatic heterocycles. The molecule has 0 bridgehead atoms. The van der Waals surface area contributed by atoms with Crippen LogP contribution in [0, 0.1) is 0 Å². The van der Waals surface area contributed by atoms with E-state index < -0.39 is 0 Å². The van der Waals surface area contributed by atoms with Gasteiger partial charge in [0, 0.05) is 26.5 Å². The summed E-state index contributed by atoms with van der Waals surface area (Å²) < 4.78 is 7.22. The van der Waals surface area contributed by atoms with Crippen molar-refractivity contribution in [1.82, 2.24) is 15.1 Å². The van der Waals surface area contributed by atoms with Crippen LogP contribution in [-0.2, 0) is 11.3 Å². The summed E-state index contributed by atoms with van der Waals surface area (Å²) in [6.07, 6.45) is 11.1. The van der Waals surface area contributed by atoms with Crippen LogP contribution in [0.3, 0.4) is 0 Å². The molecule has 2 rings (SSSR count). The average molecular weight is 265 g/mol. The first-order chi connectivity index (χ1) is 9.40. The summed E-state index contributed by atoms with van der Waals surface area (Å²) in [5.74, 6) is 0. The minimum Gasteiger partial charge on any atom is -0.385 e. The zero-order valence-electron chi connectivity index (χ0n) is 12.1. The van der Waals surface area contributed by atoms with Crippen molar-refractivity contribution >= 4 is 0 Å². The minimum absolute atomic E-state index is 0.643. The Bertz CT molecular complexity index is 345. The highest BCUT2D eigenvalue weighted by Crippen LogP contribution is 2.27. The van der Waals surface area contributed by atoms with Crippen molar-refractivity contribution in [3.05, 3.63) is 18.0 Å². The van der Waals surface area contributed by atoms with Gasteiger partial charge in [-0.15, -0.1) is 0 Å². The van der Waals surface area contributed by atoms with E-state index in [4.69, 9.17) is 9.84 Å². The van der Waals surface area contributed by atoms with E-state index in [-0.39, 0.29) is 0 Å². The lowest BCUT2D eigenvalue weighted by Crippen LogP contribution is -2.17. The van der Waals surface area contributed by atoms with E-state index in [1.54, 1.807) is 7.11 Å². The van der Waals surface area contributed by atoms with Crippen molar-refractivity contribution in [2.24, 2.45) is 0 Å². The summed E-state index contributed by atoms with van der Waals surface area (Å²) in [5.41, 5.74) is 1.16. The maximum atomic E-state index is 5.03. The zero-order chi connectivity index (χ0) is 13.3. The highest BCUT2D eigenvalue weighted by atomic mass is 16.5. The molecule has 1 N–H and O–H groups in total. The second kappa shape index (κ2) is 8.33. The smallest absolute Gasteiger partial charge is 0.0762 e. The van der Waals surface area contributed by atoms with E-state index in [0.29, 0.717) is 6.04 Å². The Kier molecular flexibility index (Phi) is 6.37. The molecule has 1 saturated carbocycles. The van der Waals surface area contributed by atoms with Crippen molar-refractivity contribution < 1.29 is 4.74 Å². The van der Waals surface area contributed by atoms with Crippen LogP contribution in [-0.4, -0.2) is 30.0 Å². The molecule has 4 heteroatoms. The topological polar surface area (TPSA) is 39.1 Å². The maximum Gasteiger partial charge on any atom is 0.0762 e. The molecule has 1 aliphatic rings. The summed E-state index contributed by atoms with van der Waals surface area (Å²) in [5, 5.41) is 8.14. The van der Waals surface area contributed by atoms with E-state index in [2.05, 4.69) is 22.3 Å². The second-order valence-corrected chi connectivity index (χ2v) is 5.46. The summed E-state index contributed by atoms with van der Waals surface area (Å²) in [6.45, 7) is 2.78. The number of hydrogen-bond acceptors (Lipinski definition) is 3. The third-order valence-electron chi connectivity index (χ3n) is 3.87. The molecule has 0 aliphatic heterocycles. The second-order valence-electron chi connectivity index (χ2n) is 5.46. The molecule has 0 unspecified atom stereocenters. The van der Waals surface area contributed by atoms with E-state index in [1.807, 2.05) is 0 Å². The van der Waals surface area contributed by atoms with Crippen molar-refractivity contribution in [3.63, 3.8) is 0 Å². The van der Waals surface area contributed by atoms with Crippen LogP contribution in [0.25, 0.3) is 0 Å². The van der Waals surface area contributed by atoms with Crippen LogP contribution in [0.5, 0.6) is 0 Å². The van der Waals surface area contributed by atoms with E-state index in [0.717, 1.165) is 38.2 Å². The van der Waals surface area contributed by atoms with Crippen molar-refractivity contribution in [2.45, 2.75) is 57.5 Å². The monoisotopic (exact) mass is 265 g/mol. The first-order valence-electron chi connectivity index (χ1n) is 7.64. The summed E-state index contributed by atoms with van der Waals surface area (Å²) in [4.78, 5) is 0. The van der Waals surface area contributed by atoms with Crippen molar-refractivity contribution in [1.29, 1.82) is 0 Å². The van der Waals surface area contributed by atoms with Gasteiger partial charge in [-0.2, -0.15) is 5.10 Å². The Hall–Kier alpha value is -0.870. The third kappa shape index (κ3) is 4.96. The van der Waals surface area contributed by atoms with Gasteiger partial charge in [-0.25, -0.2) is 0 Å². The highest BCUT2D eigenvalue weighted by Gasteiger charge is 2.15. The predicted molar refractivity (Wildman–Crippen MR) is 77.2 cm³/mol. The first kappa shape index (κ1) is 14.5. The molecule has 0 amide bonds. The fourth-order valence-electron chi connectivity index (χ4n) is 2.73. The molecule has 0 radical (unpaired) electrons. The van der Waals surface area contributed by atoms with Gasteiger partial charge in [0.2, 0.25) is 0 Å². The largest absolute Gasteiger partial charge is 0.385 e. The normalized spacial score (nSPS) is 16.9. The van der Waals surface area contributed by atoms with Gasteiger partial charge in [-0.3, -0.25) is 4.68 Å². The van der Waals surface area contributed by atoms with Gasteiger partial charge in [0.1, 0.15) is 0 Å². The fourth-order valence-corrected chi connectivity index (χ4v) is 2.73. The first-order valence-corrected chi connectivity index (χ1v) is 7.64. The molecule has 1 fully saturated rings. The Labute approximate surface area is 116 Å². The zero-order valence-corrected chi connectivity index (χ0v) is 12.1. The Morgan fingerprint density at radius 2 is 2.16 bits per heavy atom. The Morgan fingerprint density at radius 3 is 2.95 bits per heavy atom. The summed E-state index contributed by atoms with van der Waals surface area (Å²) in [6, 6.07) is 2.79. The molecular formula is C15H27N3O. The summed E-state index contributed by atoms with van der Waals surface area (Å²) >= 11 is 0. The molecule has 1 aromatic rings. The van der Waals surface area contributed by atoms with Gasteiger partial charge in [-0.05, 0) is 38.3 Å². The molecule has 108 valence electrons. The molecule has 19 heavy (non-hydrogen) atoms. The number of nitrogens with zero attached hydrogens (tertiary/aromatic N) is 2. The lowest BCUT2D eigenvalue weighted by Gasteiger charge is -2.21. The van der Waals surface area contributed by atoms with Crippen LogP contribution in [0.15, 0.2) is 12.3 Å². The van der Waals surface area contributed by atoms with Gasteiger partial charge in [0.25, 0.3) is 0 Å². The lowest BCUT2D eigenvalue weighted by molar-refractivity contribution is 0.192. The van der Waals surface area contributed by atoms with E-state index >= 15 is 0 Å². The molecule has 1 heterocycles. The van der Waals surface area contributed by atoms with Gasteiger partial charge >= 0.3 is 0 Å². The number of methoxy groups -OCH3 is 1. The van der Waals surface area contributed by atoms with Crippen LogP contribution in [0.4, 0.5) is 0 Å². The number of aromatic nitrogens is 2. The number of rotatable bonds is 8. The fraction of sp³-hybridized carbons (Fsp3) is 0.800. The maximum absolute atomic E-state index is 5.03. The molecule has 0 saturated heterocycles. The lowest BCUT2D eigenvalue weighted by atomic mass is 9.96. The highest BCUT2D eigenvalue weighted by molar-refractivity contribution is 4.99. The van der Waals surface area contributed by atoms with Crippen LogP contribution in [0.1, 0.15) is 56.7 Å². The Morgan fingerprint density at radius 1 is 1.32 bits per heavy atom. The quantitative estimate of drug-likeness (QED) is 0.735. The molecule has 0 aromatic carbocycles. The van der Waals surface area contributed by atoms with Gasteiger partial charge in [0.05, 0.1) is 11.7 Å². The number of nitrogens with one attached hydrogen (secondary N) is 1. The SMILES string of the molecule is COCCCCNCc1ccn(C2CCCCC2)n1. The van der Waals surface area contributed by atoms with Crippen LogP contribution in [0.2, 0.25) is 0 Å². The number of unbranched alkanes of at least 4 members (excludes halogenated alkanes) is 1. The number of hydrogen-bond donors (Lipinski definition) is 1. The molecule has 0 atom stereocenters.